The molecule has 74 valence electrons. The van der Waals surface area contributed by atoms with Crippen LogP contribution in [0.1, 0.15) is 12.8 Å². The summed E-state index contributed by atoms with van der Waals surface area (Å²) in [5, 5.41) is 13.4. The van der Waals surface area contributed by atoms with E-state index in [0.29, 0.717) is 11.7 Å². The van der Waals surface area contributed by atoms with Crippen molar-refractivity contribution < 1.29 is 9.31 Å². The van der Waals surface area contributed by atoms with Crippen molar-refractivity contribution in [3.8, 4) is 0 Å². The van der Waals surface area contributed by atoms with E-state index in [4.69, 9.17) is 0 Å². The first-order valence-corrected chi connectivity index (χ1v) is 4.37. The number of nitrogens with one attached hydrogen (secondary N) is 1. The number of nitro benzene ring substituents is 1. The van der Waals surface area contributed by atoms with E-state index in [9.17, 15) is 14.5 Å². The number of halogens is 1. The van der Waals surface area contributed by atoms with Crippen LogP contribution in [-0.2, 0) is 0 Å². The molecule has 0 atom stereocenters. The normalized spacial score (nSPS) is 15.2. The van der Waals surface area contributed by atoms with E-state index in [1.165, 1.54) is 12.1 Å². The molecule has 0 bridgehead atoms. The predicted molar refractivity (Wildman–Crippen MR) is 49.7 cm³/mol. The summed E-state index contributed by atoms with van der Waals surface area (Å²) >= 11 is 0. The Bertz CT molecular complexity index is 377. The number of rotatable bonds is 3. The summed E-state index contributed by atoms with van der Waals surface area (Å²) in [6, 6.07) is 4.28. The Morgan fingerprint density at radius 2 is 2.21 bits per heavy atom. The highest BCUT2D eigenvalue weighted by Gasteiger charge is 2.22. The molecule has 1 saturated carbocycles. The Labute approximate surface area is 79.9 Å². The smallest absolute Gasteiger partial charge is 0.304 e. The molecule has 1 fully saturated rings. The van der Waals surface area contributed by atoms with Crippen LogP contribution >= 0.6 is 0 Å². The molecule has 0 spiro atoms. The highest BCUT2D eigenvalue weighted by Crippen LogP contribution is 2.27. The van der Waals surface area contributed by atoms with Crippen molar-refractivity contribution in [1.82, 2.24) is 0 Å². The summed E-state index contributed by atoms with van der Waals surface area (Å²) in [6.07, 6.45) is 2.16. The third-order valence-electron chi connectivity index (χ3n) is 2.09. The minimum atomic E-state index is -0.791. The molecule has 0 heterocycles. The molecule has 14 heavy (non-hydrogen) atoms. The van der Waals surface area contributed by atoms with Gasteiger partial charge in [-0.25, -0.2) is 0 Å². The van der Waals surface area contributed by atoms with Crippen LogP contribution in [-0.4, -0.2) is 11.0 Å². The summed E-state index contributed by atoms with van der Waals surface area (Å²) in [7, 11) is 0. The Hall–Kier alpha value is -1.65. The summed E-state index contributed by atoms with van der Waals surface area (Å²) in [5.74, 6) is -0.791. The summed E-state index contributed by atoms with van der Waals surface area (Å²) in [5.41, 5.74) is 0.127. The fourth-order valence-electron chi connectivity index (χ4n) is 1.21. The minimum Gasteiger partial charge on any atom is -0.382 e. The van der Waals surface area contributed by atoms with Crippen LogP contribution in [0.4, 0.5) is 15.8 Å². The molecule has 1 N–H and O–H groups in total. The summed E-state index contributed by atoms with van der Waals surface area (Å²) in [4.78, 5) is 9.59. The number of hydrogen-bond donors (Lipinski definition) is 1. The SMILES string of the molecule is O=[N+]([O-])c1ccc(NC2CC2)cc1F. The van der Waals surface area contributed by atoms with Crippen LogP contribution in [0.25, 0.3) is 0 Å². The fraction of sp³-hybridized carbons (Fsp3) is 0.333. The minimum absolute atomic E-state index is 0.413. The molecule has 0 unspecified atom stereocenters. The van der Waals surface area contributed by atoms with Gasteiger partial charge in [-0.2, -0.15) is 4.39 Å². The van der Waals surface area contributed by atoms with E-state index in [1.54, 1.807) is 0 Å². The lowest BCUT2D eigenvalue weighted by Gasteiger charge is -2.03. The van der Waals surface area contributed by atoms with E-state index < -0.39 is 16.4 Å². The predicted octanol–water partition coefficient (Wildman–Crippen LogP) is 2.31. The Kier molecular flexibility index (Phi) is 2.07. The maximum atomic E-state index is 13.1. The molecule has 0 amide bonds. The number of benzene rings is 1. The van der Waals surface area contributed by atoms with Gasteiger partial charge in [0.25, 0.3) is 0 Å². The molecule has 0 aliphatic heterocycles. The summed E-state index contributed by atoms with van der Waals surface area (Å²) in [6.45, 7) is 0. The lowest BCUT2D eigenvalue weighted by Crippen LogP contribution is -2.01. The number of nitrogens with zero attached hydrogens (tertiary/aromatic N) is 1. The number of nitro groups is 1. The van der Waals surface area contributed by atoms with Gasteiger partial charge in [-0.3, -0.25) is 10.1 Å². The maximum Gasteiger partial charge on any atom is 0.304 e. The van der Waals surface area contributed by atoms with Gasteiger partial charge in [-0.15, -0.1) is 0 Å². The molecule has 1 aromatic carbocycles. The summed E-state index contributed by atoms with van der Waals surface area (Å²) < 4.78 is 13.1. The molecule has 1 aromatic rings. The third-order valence-corrected chi connectivity index (χ3v) is 2.09. The second kappa shape index (κ2) is 3.25. The van der Waals surface area contributed by atoms with Gasteiger partial charge in [-0.1, -0.05) is 0 Å². The number of hydrogen-bond acceptors (Lipinski definition) is 3. The van der Waals surface area contributed by atoms with Gasteiger partial charge in [0, 0.05) is 23.9 Å². The van der Waals surface area contributed by atoms with Gasteiger partial charge < -0.3 is 5.32 Å². The van der Waals surface area contributed by atoms with Crippen molar-refractivity contribution in [2.75, 3.05) is 5.32 Å². The first-order chi connectivity index (χ1) is 6.66. The molecule has 4 nitrogen and oxygen atoms in total. The highest BCUT2D eigenvalue weighted by atomic mass is 19.1. The van der Waals surface area contributed by atoms with Crippen molar-refractivity contribution in [2.24, 2.45) is 0 Å². The van der Waals surface area contributed by atoms with Gasteiger partial charge in [0.05, 0.1) is 4.92 Å². The maximum absolute atomic E-state index is 13.1. The zero-order chi connectivity index (χ0) is 10.1. The molecule has 1 aliphatic rings. The van der Waals surface area contributed by atoms with Gasteiger partial charge in [-0.05, 0) is 18.9 Å². The van der Waals surface area contributed by atoms with Crippen LogP contribution in [0.5, 0.6) is 0 Å². The van der Waals surface area contributed by atoms with E-state index in [-0.39, 0.29) is 0 Å². The van der Waals surface area contributed by atoms with Crippen molar-refractivity contribution in [3.63, 3.8) is 0 Å². The van der Waals surface area contributed by atoms with E-state index >= 15 is 0 Å². The second-order valence-corrected chi connectivity index (χ2v) is 3.34. The standard InChI is InChI=1S/C9H9FN2O2/c10-8-5-7(11-6-1-2-6)3-4-9(8)12(13)14/h3-6,11H,1-2H2. The Balaban J connectivity index is 2.20. The van der Waals surface area contributed by atoms with Crippen LogP contribution < -0.4 is 5.32 Å². The van der Waals surface area contributed by atoms with Crippen LogP contribution in [0.2, 0.25) is 0 Å². The van der Waals surface area contributed by atoms with E-state index in [2.05, 4.69) is 5.32 Å². The van der Waals surface area contributed by atoms with Crippen molar-refractivity contribution in [1.29, 1.82) is 0 Å². The quantitative estimate of drug-likeness (QED) is 0.596. The fourth-order valence-corrected chi connectivity index (χ4v) is 1.21. The Morgan fingerprint density at radius 3 is 2.71 bits per heavy atom. The third kappa shape index (κ3) is 1.81. The molecule has 0 saturated heterocycles. The van der Waals surface area contributed by atoms with E-state index in [0.717, 1.165) is 18.9 Å². The average Bonchev–Trinajstić information content (AvgIpc) is 2.87. The monoisotopic (exact) mass is 196 g/mol. The topological polar surface area (TPSA) is 55.2 Å². The van der Waals surface area contributed by atoms with Crippen molar-refractivity contribution in [2.45, 2.75) is 18.9 Å². The van der Waals surface area contributed by atoms with Gasteiger partial charge in [0.1, 0.15) is 0 Å². The van der Waals surface area contributed by atoms with Gasteiger partial charge in [0.15, 0.2) is 0 Å². The Morgan fingerprint density at radius 1 is 1.50 bits per heavy atom. The molecule has 5 heteroatoms. The van der Waals surface area contributed by atoms with Gasteiger partial charge in [0.2, 0.25) is 5.82 Å². The first-order valence-electron chi connectivity index (χ1n) is 4.37. The van der Waals surface area contributed by atoms with Gasteiger partial charge >= 0.3 is 5.69 Å². The number of anilines is 1. The van der Waals surface area contributed by atoms with Crippen molar-refractivity contribution in [3.05, 3.63) is 34.1 Å². The zero-order valence-corrected chi connectivity index (χ0v) is 7.37. The lowest BCUT2D eigenvalue weighted by molar-refractivity contribution is -0.387. The zero-order valence-electron chi connectivity index (χ0n) is 7.37. The van der Waals surface area contributed by atoms with Crippen LogP contribution in [0.15, 0.2) is 18.2 Å². The van der Waals surface area contributed by atoms with Crippen LogP contribution in [0.3, 0.4) is 0 Å². The molecule has 0 radical (unpaired) electrons. The highest BCUT2D eigenvalue weighted by molar-refractivity contribution is 5.50. The van der Waals surface area contributed by atoms with Crippen LogP contribution in [0, 0.1) is 15.9 Å². The first kappa shape index (κ1) is 8.93. The van der Waals surface area contributed by atoms with E-state index in [1.807, 2.05) is 0 Å². The molecular weight excluding hydrogens is 187 g/mol. The molecule has 1 aliphatic carbocycles. The average molecular weight is 196 g/mol. The second-order valence-electron chi connectivity index (χ2n) is 3.34. The largest absolute Gasteiger partial charge is 0.382 e. The van der Waals surface area contributed by atoms with Crippen molar-refractivity contribution >= 4 is 11.4 Å². The lowest BCUT2D eigenvalue weighted by atomic mass is 10.2. The molecule has 2 rings (SSSR count). The molecule has 0 aromatic heterocycles. The molecular formula is C9H9FN2O2.